The number of nitrogens with zero attached hydrogens (tertiary/aromatic N) is 1. The maximum atomic E-state index is 12.4. The van der Waals surface area contributed by atoms with E-state index in [1.165, 1.54) is 0 Å². The molecule has 1 aliphatic rings. The van der Waals surface area contributed by atoms with E-state index < -0.39 is 0 Å². The van der Waals surface area contributed by atoms with Crippen molar-refractivity contribution in [2.45, 2.75) is 18.9 Å². The van der Waals surface area contributed by atoms with E-state index in [0.29, 0.717) is 16.3 Å². The minimum Gasteiger partial charge on any atom is -0.349 e. The summed E-state index contributed by atoms with van der Waals surface area (Å²) >= 11 is 6.20. The number of nitrogens with one attached hydrogen (secondary N) is 3. The molecule has 110 valence electrons. The Morgan fingerprint density at radius 2 is 2.05 bits per heavy atom. The van der Waals surface area contributed by atoms with Crippen LogP contribution < -0.4 is 10.6 Å². The first-order valence-electron chi connectivity index (χ1n) is 7.05. The normalized spacial score (nSPS) is 15.9. The van der Waals surface area contributed by atoms with Crippen LogP contribution >= 0.6 is 11.6 Å². The molecule has 0 aliphatic carbocycles. The Morgan fingerprint density at radius 3 is 2.81 bits per heavy atom. The fourth-order valence-electron chi connectivity index (χ4n) is 2.56. The minimum atomic E-state index is -0.106. The Morgan fingerprint density at radius 1 is 1.29 bits per heavy atom. The van der Waals surface area contributed by atoms with Crippen LogP contribution in [0.5, 0.6) is 0 Å². The van der Waals surface area contributed by atoms with Crippen molar-refractivity contribution in [3.05, 3.63) is 41.0 Å². The molecule has 3 rings (SSSR count). The maximum absolute atomic E-state index is 12.4. The molecule has 6 heteroatoms. The van der Waals surface area contributed by atoms with Crippen molar-refractivity contribution in [1.82, 2.24) is 20.8 Å². The van der Waals surface area contributed by atoms with Crippen molar-refractivity contribution in [3.63, 3.8) is 0 Å². The van der Waals surface area contributed by atoms with E-state index in [1.807, 2.05) is 18.2 Å². The number of aromatic amines is 1. The summed E-state index contributed by atoms with van der Waals surface area (Å²) < 4.78 is 0. The number of hydrogen-bond acceptors (Lipinski definition) is 3. The molecule has 1 aliphatic heterocycles. The molecular formula is C15H17ClN4O. The number of piperidine rings is 1. The van der Waals surface area contributed by atoms with Gasteiger partial charge >= 0.3 is 0 Å². The average Bonchev–Trinajstić information content (AvgIpc) is 2.98. The van der Waals surface area contributed by atoms with E-state index in [-0.39, 0.29) is 11.9 Å². The SMILES string of the molecule is O=C(NC1CCNCC1)c1cn[nH]c1-c1ccccc1Cl. The van der Waals surface area contributed by atoms with Gasteiger partial charge in [0.2, 0.25) is 0 Å². The van der Waals surface area contributed by atoms with Gasteiger partial charge in [-0.25, -0.2) is 0 Å². The van der Waals surface area contributed by atoms with Gasteiger partial charge in [0.15, 0.2) is 0 Å². The van der Waals surface area contributed by atoms with Crippen LogP contribution in [0.1, 0.15) is 23.2 Å². The summed E-state index contributed by atoms with van der Waals surface area (Å²) in [7, 11) is 0. The number of carbonyl (C=O) groups excluding carboxylic acids is 1. The highest BCUT2D eigenvalue weighted by atomic mass is 35.5. The highest BCUT2D eigenvalue weighted by molar-refractivity contribution is 6.33. The zero-order valence-electron chi connectivity index (χ0n) is 11.5. The summed E-state index contributed by atoms with van der Waals surface area (Å²) in [4.78, 5) is 12.4. The predicted molar refractivity (Wildman–Crippen MR) is 82.4 cm³/mol. The largest absolute Gasteiger partial charge is 0.349 e. The molecule has 3 N–H and O–H groups in total. The lowest BCUT2D eigenvalue weighted by Crippen LogP contribution is -2.42. The summed E-state index contributed by atoms with van der Waals surface area (Å²) in [6.45, 7) is 1.88. The van der Waals surface area contributed by atoms with Gasteiger partial charge < -0.3 is 10.6 Å². The third-order valence-electron chi connectivity index (χ3n) is 3.70. The average molecular weight is 305 g/mol. The molecule has 1 fully saturated rings. The fraction of sp³-hybridized carbons (Fsp3) is 0.333. The van der Waals surface area contributed by atoms with Crippen molar-refractivity contribution in [3.8, 4) is 11.3 Å². The van der Waals surface area contributed by atoms with Crippen molar-refractivity contribution < 1.29 is 4.79 Å². The fourth-order valence-corrected chi connectivity index (χ4v) is 2.79. The first-order chi connectivity index (χ1) is 10.3. The first-order valence-corrected chi connectivity index (χ1v) is 7.43. The van der Waals surface area contributed by atoms with Gasteiger partial charge in [-0.15, -0.1) is 0 Å². The molecule has 0 radical (unpaired) electrons. The van der Waals surface area contributed by atoms with Crippen molar-refractivity contribution in [2.75, 3.05) is 13.1 Å². The lowest BCUT2D eigenvalue weighted by molar-refractivity contribution is 0.0930. The zero-order chi connectivity index (χ0) is 14.7. The van der Waals surface area contributed by atoms with Crippen LogP contribution in [0.3, 0.4) is 0 Å². The molecule has 1 aromatic carbocycles. The zero-order valence-corrected chi connectivity index (χ0v) is 12.3. The van der Waals surface area contributed by atoms with E-state index in [4.69, 9.17) is 11.6 Å². The van der Waals surface area contributed by atoms with E-state index >= 15 is 0 Å². The number of hydrogen-bond donors (Lipinski definition) is 3. The maximum Gasteiger partial charge on any atom is 0.255 e. The van der Waals surface area contributed by atoms with Crippen LogP contribution in [0, 0.1) is 0 Å². The number of carbonyl (C=O) groups is 1. The second-order valence-corrected chi connectivity index (χ2v) is 5.54. The first kappa shape index (κ1) is 14.1. The van der Waals surface area contributed by atoms with Gasteiger partial charge in [0, 0.05) is 16.6 Å². The van der Waals surface area contributed by atoms with E-state index in [2.05, 4.69) is 20.8 Å². The van der Waals surface area contributed by atoms with Crippen molar-refractivity contribution >= 4 is 17.5 Å². The van der Waals surface area contributed by atoms with Crippen molar-refractivity contribution in [2.24, 2.45) is 0 Å². The monoisotopic (exact) mass is 304 g/mol. The third-order valence-corrected chi connectivity index (χ3v) is 4.03. The van der Waals surface area contributed by atoms with Gasteiger partial charge in [-0.1, -0.05) is 29.8 Å². The van der Waals surface area contributed by atoms with Gasteiger partial charge in [0.05, 0.1) is 17.5 Å². The number of rotatable bonds is 3. The summed E-state index contributed by atoms with van der Waals surface area (Å²) in [6, 6.07) is 7.63. The van der Waals surface area contributed by atoms with Gasteiger partial charge in [0.25, 0.3) is 5.91 Å². The van der Waals surface area contributed by atoms with Gasteiger partial charge in [-0.05, 0) is 32.0 Å². The molecule has 0 bridgehead atoms. The van der Waals surface area contributed by atoms with Crippen molar-refractivity contribution in [1.29, 1.82) is 0 Å². The smallest absolute Gasteiger partial charge is 0.255 e. The highest BCUT2D eigenvalue weighted by Gasteiger charge is 2.21. The molecule has 2 heterocycles. The summed E-state index contributed by atoms with van der Waals surface area (Å²) in [6.07, 6.45) is 3.45. The van der Waals surface area contributed by atoms with Gasteiger partial charge in [-0.3, -0.25) is 9.89 Å². The molecule has 1 amide bonds. The molecule has 0 unspecified atom stereocenters. The standard InChI is InChI=1S/C15H17ClN4O/c16-13-4-2-1-3-11(13)14-12(9-18-20-14)15(21)19-10-5-7-17-8-6-10/h1-4,9-10,17H,5-8H2,(H,18,20)(H,19,21). The Kier molecular flexibility index (Phi) is 4.22. The summed E-state index contributed by atoms with van der Waals surface area (Å²) in [5, 5.41) is 13.8. The predicted octanol–water partition coefficient (Wildman–Crippen LogP) is 2.21. The van der Waals surface area contributed by atoms with Crippen LogP contribution in [0.4, 0.5) is 0 Å². The number of aromatic nitrogens is 2. The van der Waals surface area contributed by atoms with Gasteiger partial charge in [0.1, 0.15) is 0 Å². The highest BCUT2D eigenvalue weighted by Crippen LogP contribution is 2.28. The number of amides is 1. The number of H-pyrrole nitrogens is 1. The topological polar surface area (TPSA) is 69.8 Å². The van der Waals surface area contributed by atoms with Crippen LogP contribution in [-0.2, 0) is 0 Å². The molecule has 0 atom stereocenters. The Bertz CT molecular complexity index is 634. The minimum absolute atomic E-state index is 0.106. The van der Waals surface area contributed by atoms with E-state index in [9.17, 15) is 4.79 Å². The Balaban J connectivity index is 1.82. The molecule has 1 aromatic heterocycles. The molecule has 1 saturated heterocycles. The second-order valence-electron chi connectivity index (χ2n) is 5.14. The summed E-state index contributed by atoms with van der Waals surface area (Å²) in [5.74, 6) is -0.106. The quantitative estimate of drug-likeness (QED) is 0.814. The lowest BCUT2D eigenvalue weighted by Gasteiger charge is -2.23. The molecular weight excluding hydrogens is 288 g/mol. The van der Waals surface area contributed by atoms with E-state index in [1.54, 1.807) is 12.3 Å². The third kappa shape index (κ3) is 3.09. The Labute approximate surface area is 128 Å². The number of halogens is 1. The Hall–Kier alpha value is -1.85. The van der Waals surface area contributed by atoms with Crippen LogP contribution in [-0.4, -0.2) is 35.2 Å². The number of benzene rings is 1. The molecule has 0 saturated carbocycles. The van der Waals surface area contributed by atoms with Crippen LogP contribution in [0.15, 0.2) is 30.5 Å². The molecule has 5 nitrogen and oxygen atoms in total. The molecule has 0 spiro atoms. The van der Waals surface area contributed by atoms with Crippen LogP contribution in [0.2, 0.25) is 5.02 Å². The molecule has 21 heavy (non-hydrogen) atoms. The molecule has 2 aromatic rings. The summed E-state index contributed by atoms with van der Waals surface area (Å²) in [5.41, 5.74) is 1.97. The van der Waals surface area contributed by atoms with Gasteiger partial charge in [-0.2, -0.15) is 5.10 Å². The second kappa shape index (κ2) is 6.28. The van der Waals surface area contributed by atoms with E-state index in [0.717, 1.165) is 31.5 Å². The lowest BCUT2D eigenvalue weighted by atomic mass is 10.0. The van der Waals surface area contributed by atoms with Crippen LogP contribution in [0.25, 0.3) is 11.3 Å².